The van der Waals surface area contributed by atoms with Gasteiger partial charge in [-0.25, -0.2) is 0 Å². The average molecular weight is 620 g/mol. The number of hydrogen-bond donors (Lipinski definition) is 1. The van der Waals surface area contributed by atoms with Crippen LogP contribution >= 0.6 is 31.9 Å². The highest BCUT2D eigenvalue weighted by molar-refractivity contribution is 9.11. The highest BCUT2D eigenvalue weighted by atomic mass is 79.9. The van der Waals surface area contributed by atoms with E-state index in [9.17, 15) is 18.5 Å². The van der Waals surface area contributed by atoms with Gasteiger partial charge in [-0.15, -0.1) is 0 Å². The zero-order valence-electron chi connectivity index (χ0n) is 18.9. The lowest BCUT2D eigenvalue weighted by atomic mass is 10.1. The zero-order chi connectivity index (χ0) is 25.8. The number of carbonyl (C=O) groups excluding carboxylic acids is 1. The summed E-state index contributed by atoms with van der Waals surface area (Å²) in [5.74, 6) is -0.542. The average Bonchev–Trinajstić information content (AvgIpc) is 2.80. The van der Waals surface area contributed by atoms with Crippen molar-refractivity contribution in [2.24, 2.45) is 0 Å². The Kier molecular flexibility index (Phi) is 8.38. The Morgan fingerprint density at radius 2 is 1.60 bits per heavy atom. The highest BCUT2D eigenvalue weighted by Gasteiger charge is 2.20. The van der Waals surface area contributed by atoms with Crippen LogP contribution in [0.4, 0.5) is 5.69 Å². The topological polar surface area (TPSA) is 105 Å². The van der Waals surface area contributed by atoms with Crippen LogP contribution in [0.25, 0.3) is 6.08 Å². The number of halogens is 2. The molecular formula is C25H20Br2N2O5S. The van der Waals surface area contributed by atoms with E-state index >= 15 is 0 Å². The predicted octanol–water partition coefficient (Wildman–Crippen LogP) is 6.15. The number of amides is 1. The summed E-state index contributed by atoms with van der Waals surface area (Å²) in [6, 6.07) is 16.2. The summed E-state index contributed by atoms with van der Waals surface area (Å²) in [4.78, 5) is 12.8. The van der Waals surface area contributed by atoms with Gasteiger partial charge in [-0.2, -0.15) is 13.7 Å². The molecule has 3 aromatic rings. The van der Waals surface area contributed by atoms with Gasteiger partial charge in [0.05, 0.1) is 12.8 Å². The molecule has 7 nitrogen and oxygen atoms in total. The molecule has 0 radical (unpaired) electrons. The molecule has 0 saturated carbocycles. The van der Waals surface area contributed by atoms with E-state index in [0.717, 1.165) is 11.1 Å². The molecule has 35 heavy (non-hydrogen) atoms. The summed E-state index contributed by atoms with van der Waals surface area (Å²) in [7, 11) is -2.76. The number of nitrogens with one attached hydrogen (secondary N) is 1. The fourth-order valence-electron chi connectivity index (χ4n) is 3.03. The fourth-order valence-corrected chi connectivity index (χ4v) is 5.58. The molecule has 10 heteroatoms. The number of ether oxygens (including phenoxy) is 1. The minimum Gasteiger partial charge on any atom is -0.493 e. The molecular weight excluding hydrogens is 600 g/mol. The molecule has 0 unspecified atom stereocenters. The first kappa shape index (κ1) is 26.5. The Balaban J connectivity index is 1.92. The third-order valence-electron chi connectivity index (χ3n) is 4.80. The van der Waals surface area contributed by atoms with Crippen molar-refractivity contribution in [1.82, 2.24) is 0 Å². The lowest BCUT2D eigenvalue weighted by Gasteiger charge is -2.12. The van der Waals surface area contributed by atoms with Crippen molar-refractivity contribution in [2.45, 2.75) is 18.7 Å². The Hall–Kier alpha value is -3.13. The molecule has 0 fully saturated rings. The number of hydrogen-bond acceptors (Lipinski definition) is 6. The van der Waals surface area contributed by atoms with Crippen LogP contribution in [0.2, 0.25) is 0 Å². The monoisotopic (exact) mass is 618 g/mol. The van der Waals surface area contributed by atoms with E-state index in [1.807, 2.05) is 32.0 Å². The van der Waals surface area contributed by atoms with Gasteiger partial charge in [-0.3, -0.25) is 4.79 Å². The molecule has 0 aromatic heterocycles. The standard InChI is InChI=1S/C25H20Br2N2O5S/c1-15-4-7-19(8-5-15)35(31,32)34-23-13-17(6-9-22(23)33-3)12-18(14-28)25(30)29-24-20(26)10-16(2)11-21(24)27/h4-13H,1-3H3,(H,29,30)/b18-12+. The Morgan fingerprint density at radius 1 is 0.971 bits per heavy atom. The molecule has 0 aliphatic heterocycles. The van der Waals surface area contributed by atoms with E-state index in [1.54, 1.807) is 18.2 Å². The molecule has 180 valence electrons. The Labute approximate surface area is 220 Å². The maximum Gasteiger partial charge on any atom is 0.339 e. The molecule has 0 atom stereocenters. The summed E-state index contributed by atoms with van der Waals surface area (Å²) in [5.41, 5.74) is 2.53. The maximum absolute atomic E-state index is 12.8. The molecule has 3 rings (SSSR count). The van der Waals surface area contributed by atoms with Crippen LogP contribution in [0.5, 0.6) is 11.5 Å². The molecule has 3 aromatic carbocycles. The number of carbonyl (C=O) groups is 1. The lowest BCUT2D eigenvalue weighted by Crippen LogP contribution is -2.14. The number of anilines is 1. The van der Waals surface area contributed by atoms with E-state index in [2.05, 4.69) is 37.2 Å². The Morgan fingerprint density at radius 3 is 2.17 bits per heavy atom. The first-order chi connectivity index (χ1) is 16.5. The van der Waals surface area contributed by atoms with Crippen molar-refractivity contribution in [3.63, 3.8) is 0 Å². The highest BCUT2D eigenvalue weighted by Crippen LogP contribution is 2.34. The normalized spacial score (nSPS) is 11.5. The number of methoxy groups -OCH3 is 1. The van der Waals surface area contributed by atoms with E-state index in [-0.39, 0.29) is 22.0 Å². The van der Waals surface area contributed by atoms with Gasteiger partial charge in [0.15, 0.2) is 11.5 Å². The smallest absolute Gasteiger partial charge is 0.339 e. The predicted molar refractivity (Wildman–Crippen MR) is 141 cm³/mol. The van der Waals surface area contributed by atoms with Crippen molar-refractivity contribution in [3.8, 4) is 17.6 Å². The van der Waals surface area contributed by atoms with Crippen LogP contribution < -0.4 is 14.2 Å². The summed E-state index contributed by atoms with van der Waals surface area (Å²) < 4.78 is 37.4. The van der Waals surface area contributed by atoms with E-state index in [1.165, 1.54) is 37.5 Å². The minimum atomic E-state index is -4.14. The van der Waals surface area contributed by atoms with E-state index < -0.39 is 16.0 Å². The summed E-state index contributed by atoms with van der Waals surface area (Å²) in [5, 5.41) is 12.3. The molecule has 0 aliphatic rings. The van der Waals surface area contributed by atoms with E-state index in [4.69, 9.17) is 8.92 Å². The van der Waals surface area contributed by atoms with Crippen molar-refractivity contribution in [2.75, 3.05) is 12.4 Å². The van der Waals surface area contributed by atoms with Crippen LogP contribution in [-0.2, 0) is 14.9 Å². The number of aryl methyl sites for hydroxylation is 2. The molecule has 1 N–H and O–H groups in total. The molecule has 0 spiro atoms. The summed E-state index contributed by atoms with van der Waals surface area (Å²) in [6.45, 7) is 3.75. The van der Waals surface area contributed by atoms with Crippen LogP contribution in [0.3, 0.4) is 0 Å². The second-order valence-electron chi connectivity index (χ2n) is 7.49. The first-order valence-corrected chi connectivity index (χ1v) is 13.1. The van der Waals surface area contributed by atoms with Gasteiger partial charge in [0.25, 0.3) is 5.91 Å². The number of rotatable bonds is 7. The molecule has 0 bridgehead atoms. The number of benzene rings is 3. The van der Waals surface area contributed by atoms with Gasteiger partial charge in [0, 0.05) is 8.95 Å². The molecule has 0 aliphatic carbocycles. The van der Waals surface area contributed by atoms with Crippen molar-refractivity contribution < 1.29 is 22.1 Å². The third-order valence-corrected chi connectivity index (χ3v) is 7.30. The van der Waals surface area contributed by atoms with Crippen LogP contribution in [0.15, 0.2) is 74.0 Å². The second kappa shape index (κ2) is 11.1. The molecule has 0 saturated heterocycles. The van der Waals surface area contributed by atoms with Gasteiger partial charge in [-0.1, -0.05) is 23.8 Å². The van der Waals surface area contributed by atoms with E-state index in [0.29, 0.717) is 20.2 Å². The lowest BCUT2D eigenvalue weighted by molar-refractivity contribution is -0.112. The fraction of sp³-hybridized carbons (Fsp3) is 0.120. The van der Waals surface area contributed by atoms with Gasteiger partial charge < -0.3 is 14.2 Å². The summed E-state index contributed by atoms with van der Waals surface area (Å²) >= 11 is 6.81. The number of nitriles is 1. The van der Waals surface area contributed by atoms with Crippen molar-refractivity contribution in [1.29, 1.82) is 5.26 Å². The third kappa shape index (κ3) is 6.51. The van der Waals surface area contributed by atoms with Crippen molar-refractivity contribution >= 4 is 59.6 Å². The second-order valence-corrected chi connectivity index (χ2v) is 10.7. The SMILES string of the molecule is COc1ccc(/C=C(\C#N)C(=O)Nc2c(Br)cc(C)cc2Br)cc1OS(=O)(=O)c1ccc(C)cc1. The first-order valence-electron chi connectivity index (χ1n) is 10.1. The van der Waals surface area contributed by atoms with Gasteiger partial charge in [0.2, 0.25) is 0 Å². The van der Waals surface area contributed by atoms with Crippen molar-refractivity contribution in [3.05, 3.63) is 85.8 Å². The van der Waals surface area contributed by atoms with Crippen LogP contribution in [-0.4, -0.2) is 21.4 Å². The largest absolute Gasteiger partial charge is 0.493 e. The van der Waals surface area contributed by atoms with Gasteiger partial charge in [-0.05, 0) is 99.3 Å². The van der Waals surface area contributed by atoms with Crippen LogP contribution in [0.1, 0.15) is 16.7 Å². The molecule has 0 heterocycles. The minimum absolute atomic E-state index is 0.0163. The molecule has 1 amide bonds. The van der Waals surface area contributed by atoms with Crippen LogP contribution in [0, 0.1) is 25.2 Å². The maximum atomic E-state index is 12.8. The zero-order valence-corrected chi connectivity index (χ0v) is 22.9. The quantitative estimate of drug-likeness (QED) is 0.193. The summed E-state index contributed by atoms with van der Waals surface area (Å²) in [6.07, 6.45) is 1.33. The number of nitrogens with zero attached hydrogens (tertiary/aromatic N) is 1. The van der Waals surface area contributed by atoms with Gasteiger partial charge in [0.1, 0.15) is 16.5 Å². The Bertz CT molecular complexity index is 1440. The van der Waals surface area contributed by atoms with Gasteiger partial charge >= 0.3 is 10.1 Å².